The van der Waals surface area contributed by atoms with E-state index in [2.05, 4.69) is 4.74 Å². The van der Waals surface area contributed by atoms with Gasteiger partial charge in [-0.1, -0.05) is 0 Å². The van der Waals surface area contributed by atoms with E-state index in [9.17, 15) is 0 Å². The van der Waals surface area contributed by atoms with Crippen LogP contribution in [0.25, 0.3) is 0 Å². The lowest BCUT2D eigenvalue weighted by molar-refractivity contribution is -0.134. The lowest BCUT2D eigenvalue weighted by atomic mass is 10.1. The molecule has 5 nitrogen and oxygen atoms in total. The number of hydrogen-bond acceptors (Lipinski definition) is 5. The average molecular weight is 164 g/mol. The summed E-state index contributed by atoms with van der Waals surface area (Å²) < 4.78 is 9.44. The van der Waals surface area contributed by atoms with Gasteiger partial charge < -0.3 is 24.8 Å². The summed E-state index contributed by atoms with van der Waals surface area (Å²) in [7, 11) is 1.45. The first-order valence-corrected chi connectivity index (χ1v) is 3.35. The van der Waals surface area contributed by atoms with Gasteiger partial charge in [0.1, 0.15) is 18.3 Å². The fourth-order valence-corrected chi connectivity index (χ4v) is 1.03. The molecule has 1 aliphatic rings. The van der Waals surface area contributed by atoms with Gasteiger partial charge in [-0.05, 0) is 0 Å². The van der Waals surface area contributed by atoms with Crippen molar-refractivity contribution in [2.45, 2.75) is 24.6 Å². The predicted molar refractivity (Wildman–Crippen MR) is 34.8 cm³/mol. The van der Waals surface area contributed by atoms with Gasteiger partial charge in [0.05, 0.1) is 6.61 Å². The van der Waals surface area contributed by atoms with Crippen molar-refractivity contribution in [2.24, 2.45) is 0 Å². The van der Waals surface area contributed by atoms with Crippen LogP contribution in [0.1, 0.15) is 0 Å². The van der Waals surface area contributed by atoms with Crippen LogP contribution < -0.4 is 0 Å². The Bertz CT molecular complexity index is 128. The van der Waals surface area contributed by atoms with Crippen molar-refractivity contribution in [3.05, 3.63) is 0 Å². The summed E-state index contributed by atoms with van der Waals surface area (Å²) in [5.74, 6) is 0. The highest BCUT2D eigenvalue weighted by atomic mass is 16.7. The summed E-state index contributed by atoms with van der Waals surface area (Å²) in [5, 5.41) is 27.0. The van der Waals surface area contributed by atoms with Gasteiger partial charge in [0.25, 0.3) is 0 Å². The van der Waals surface area contributed by atoms with Crippen LogP contribution in [0.2, 0.25) is 0 Å². The molecule has 0 saturated carbocycles. The van der Waals surface area contributed by atoms with Gasteiger partial charge in [-0.2, -0.15) is 0 Å². The smallest absolute Gasteiger partial charge is 0.184 e. The lowest BCUT2D eigenvalue weighted by Crippen LogP contribution is -2.34. The number of aliphatic hydroxyl groups excluding tert-OH is 3. The first-order chi connectivity index (χ1) is 5.16. The molecule has 1 rings (SSSR count). The molecule has 0 radical (unpaired) electrons. The molecule has 1 heterocycles. The predicted octanol–water partition coefficient (Wildman–Crippen LogP) is -1.93. The van der Waals surface area contributed by atoms with Gasteiger partial charge in [-0.3, -0.25) is 0 Å². The van der Waals surface area contributed by atoms with Crippen molar-refractivity contribution in [1.82, 2.24) is 0 Å². The number of methoxy groups -OCH3 is 1. The van der Waals surface area contributed by atoms with Crippen LogP contribution in [0, 0.1) is 0 Å². The molecule has 0 aromatic carbocycles. The van der Waals surface area contributed by atoms with Crippen LogP contribution in [0.4, 0.5) is 0 Å². The number of ether oxygens (including phenoxy) is 2. The van der Waals surface area contributed by atoms with Crippen molar-refractivity contribution < 1.29 is 24.8 Å². The molecule has 0 aromatic heterocycles. The molecule has 5 heteroatoms. The summed E-state index contributed by atoms with van der Waals surface area (Å²) in [6.45, 7) is 0.162. The van der Waals surface area contributed by atoms with E-state index in [0.717, 1.165) is 0 Å². The van der Waals surface area contributed by atoms with Crippen molar-refractivity contribution in [1.29, 1.82) is 0 Å². The van der Waals surface area contributed by atoms with E-state index < -0.39 is 24.6 Å². The second-order valence-electron chi connectivity index (χ2n) is 2.50. The zero-order valence-corrected chi connectivity index (χ0v) is 6.17. The topological polar surface area (TPSA) is 79.2 Å². The molecule has 0 amide bonds. The van der Waals surface area contributed by atoms with Crippen molar-refractivity contribution >= 4 is 0 Å². The first-order valence-electron chi connectivity index (χ1n) is 3.35. The lowest BCUT2D eigenvalue weighted by Gasteiger charge is -2.11. The molecule has 0 bridgehead atoms. The zero-order valence-electron chi connectivity index (χ0n) is 6.17. The summed E-state index contributed by atoms with van der Waals surface area (Å²) in [6, 6.07) is 0. The molecular formula is C6H12O5. The van der Waals surface area contributed by atoms with Crippen molar-refractivity contribution in [3.63, 3.8) is 0 Å². The van der Waals surface area contributed by atoms with Crippen molar-refractivity contribution in [3.8, 4) is 0 Å². The standard InChI is InChI=1S/C6H12O5/c1-10-2-3-4(7)5(8)6(9)11-3/h3-9H,2H2,1H3/t3-,4+,5-,6+/m1/s1. The summed E-state index contributed by atoms with van der Waals surface area (Å²) in [6.07, 6.45) is -4.23. The number of rotatable bonds is 2. The second kappa shape index (κ2) is 3.46. The Labute approximate surface area is 64.2 Å². The van der Waals surface area contributed by atoms with Gasteiger partial charge in [-0.15, -0.1) is 0 Å². The maximum Gasteiger partial charge on any atom is 0.184 e. The molecule has 11 heavy (non-hydrogen) atoms. The molecule has 1 fully saturated rings. The summed E-state index contributed by atoms with van der Waals surface area (Å²) in [5.41, 5.74) is 0. The quantitative estimate of drug-likeness (QED) is 0.443. The fourth-order valence-electron chi connectivity index (χ4n) is 1.03. The third-order valence-corrected chi connectivity index (χ3v) is 1.67. The van der Waals surface area contributed by atoms with E-state index in [-0.39, 0.29) is 6.61 Å². The molecule has 3 N–H and O–H groups in total. The Morgan fingerprint density at radius 3 is 2.27 bits per heavy atom. The van der Waals surface area contributed by atoms with Crippen LogP contribution in [0.3, 0.4) is 0 Å². The minimum absolute atomic E-state index is 0.162. The van der Waals surface area contributed by atoms with E-state index in [1.54, 1.807) is 0 Å². The third-order valence-electron chi connectivity index (χ3n) is 1.67. The van der Waals surface area contributed by atoms with Crippen LogP contribution in [-0.2, 0) is 9.47 Å². The van der Waals surface area contributed by atoms with E-state index >= 15 is 0 Å². The van der Waals surface area contributed by atoms with E-state index in [4.69, 9.17) is 20.1 Å². The maximum atomic E-state index is 9.14. The molecule has 0 unspecified atom stereocenters. The SMILES string of the molecule is COC[C@H]1O[C@H](O)[C@H](O)[C@H]1O. The highest BCUT2D eigenvalue weighted by Crippen LogP contribution is 2.19. The molecule has 4 atom stereocenters. The maximum absolute atomic E-state index is 9.14. The fraction of sp³-hybridized carbons (Fsp3) is 1.00. The Balaban J connectivity index is 2.45. The molecular weight excluding hydrogens is 152 g/mol. The van der Waals surface area contributed by atoms with E-state index in [0.29, 0.717) is 0 Å². The second-order valence-corrected chi connectivity index (χ2v) is 2.50. The molecule has 1 saturated heterocycles. The molecule has 0 spiro atoms. The molecule has 0 aliphatic carbocycles. The average Bonchev–Trinajstić information content (AvgIpc) is 2.19. The summed E-state index contributed by atoms with van der Waals surface area (Å²) in [4.78, 5) is 0. The third kappa shape index (κ3) is 1.69. The minimum Gasteiger partial charge on any atom is -0.387 e. The normalized spacial score (nSPS) is 44.7. The molecule has 66 valence electrons. The Morgan fingerprint density at radius 2 is 1.91 bits per heavy atom. The zero-order chi connectivity index (χ0) is 8.43. The van der Waals surface area contributed by atoms with Crippen LogP contribution >= 0.6 is 0 Å². The van der Waals surface area contributed by atoms with Crippen LogP contribution in [0.15, 0.2) is 0 Å². The summed E-state index contributed by atoms with van der Waals surface area (Å²) >= 11 is 0. The largest absolute Gasteiger partial charge is 0.387 e. The van der Waals surface area contributed by atoms with E-state index in [1.807, 2.05) is 0 Å². The Hall–Kier alpha value is -0.200. The highest BCUT2D eigenvalue weighted by Gasteiger charge is 2.41. The Kier molecular flexibility index (Phi) is 2.80. The molecule has 0 aromatic rings. The van der Waals surface area contributed by atoms with Gasteiger partial charge in [0.2, 0.25) is 0 Å². The van der Waals surface area contributed by atoms with Gasteiger partial charge in [0, 0.05) is 7.11 Å². The van der Waals surface area contributed by atoms with Crippen LogP contribution in [0.5, 0.6) is 0 Å². The number of aliphatic hydroxyl groups is 3. The van der Waals surface area contributed by atoms with Gasteiger partial charge in [-0.25, -0.2) is 0 Å². The van der Waals surface area contributed by atoms with Gasteiger partial charge >= 0.3 is 0 Å². The van der Waals surface area contributed by atoms with Crippen LogP contribution in [-0.4, -0.2) is 53.6 Å². The van der Waals surface area contributed by atoms with Gasteiger partial charge in [0.15, 0.2) is 6.29 Å². The Morgan fingerprint density at radius 1 is 1.27 bits per heavy atom. The van der Waals surface area contributed by atoms with Crippen molar-refractivity contribution in [2.75, 3.05) is 13.7 Å². The highest BCUT2D eigenvalue weighted by molar-refractivity contribution is 4.85. The monoisotopic (exact) mass is 164 g/mol. The molecule has 1 aliphatic heterocycles. The first kappa shape index (κ1) is 8.89. The minimum atomic E-state index is -1.30. The number of hydrogen-bond donors (Lipinski definition) is 3. The van der Waals surface area contributed by atoms with E-state index in [1.165, 1.54) is 7.11 Å².